The Morgan fingerprint density at radius 3 is 2.44 bits per heavy atom. The number of sulfonamides is 1. The minimum atomic E-state index is -3.69. The predicted octanol–water partition coefficient (Wildman–Crippen LogP) is 4.15. The molecule has 2 rings (SSSR count). The van der Waals surface area contributed by atoms with Crippen LogP contribution in [-0.2, 0) is 10.0 Å². The Bertz CT molecular complexity index is 996. The van der Waals surface area contributed by atoms with Gasteiger partial charge in [0, 0.05) is 11.6 Å². The molecule has 0 aliphatic carbocycles. The van der Waals surface area contributed by atoms with E-state index in [1.54, 1.807) is 39.8 Å². The summed E-state index contributed by atoms with van der Waals surface area (Å²) < 4.78 is 33.7. The Balaban J connectivity index is 2.78. The lowest BCUT2D eigenvalue weighted by Crippen LogP contribution is -2.26. The van der Waals surface area contributed by atoms with Crippen molar-refractivity contribution in [2.24, 2.45) is 4.40 Å². The van der Waals surface area contributed by atoms with Crippen LogP contribution in [0.3, 0.4) is 0 Å². The van der Waals surface area contributed by atoms with Crippen molar-refractivity contribution in [3.8, 4) is 0 Å². The SMILES string of the molecule is CCSc1cc(=O)c2cc(C)cc(/C(C)=N\S(=O)(=O)C(C)(C)C)c2o1. The largest absolute Gasteiger partial charge is 0.449 e. The molecule has 1 aromatic heterocycles. The smallest absolute Gasteiger partial charge is 0.258 e. The first-order valence-corrected chi connectivity index (χ1v) is 10.4. The van der Waals surface area contributed by atoms with Gasteiger partial charge in [0.25, 0.3) is 10.0 Å². The number of nitrogens with zero attached hydrogens (tertiary/aromatic N) is 1. The molecule has 0 atom stereocenters. The number of rotatable bonds is 4. The van der Waals surface area contributed by atoms with Crippen LogP contribution in [-0.4, -0.2) is 24.6 Å². The fraction of sp³-hybridized carbons (Fsp3) is 0.444. The van der Waals surface area contributed by atoms with Crippen molar-refractivity contribution in [1.29, 1.82) is 0 Å². The van der Waals surface area contributed by atoms with Crippen LogP contribution in [0, 0.1) is 6.92 Å². The first-order valence-electron chi connectivity index (χ1n) is 7.99. The van der Waals surface area contributed by atoms with E-state index in [0.29, 0.717) is 27.3 Å². The molecule has 1 heterocycles. The van der Waals surface area contributed by atoms with E-state index in [2.05, 4.69) is 4.40 Å². The predicted molar refractivity (Wildman–Crippen MR) is 105 cm³/mol. The van der Waals surface area contributed by atoms with E-state index in [0.717, 1.165) is 11.3 Å². The zero-order valence-electron chi connectivity index (χ0n) is 15.3. The Morgan fingerprint density at radius 2 is 1.88 bits per heavy atom. The molecule has 1 aromatic carbocycles. The summed E-state index contributed by atoms with van der Waals surface area (Å²) in [7, 11) is -3.69. The molecule has 0 aliphatic rings. The molecule has 0 saturated heterocycles. The standard InChI is InChI=1S/C18H23NO4S2/c1-7-24-16-10-15(20)14-9-11(2)8-13(17(14)23-16)12(3)19-25(21,22)18(4,5)6/h8-10H,7H2,1-6H3/b19-12-. The van der Waals surface area contributed by atoms with Crippen LogP contribution in [0.5, 0.6) is 0 Å². The van der Waals surface area contributed by atoms with Gasteiger partial charge < -0.3 is 4.42 Å². The van der Waals surface area contributed by atoms with Crippen molar-refractivity contribution in [3.05, 3.63) is 39.5 Å². The van der Waals surface area contributed by atoms with Crippen molar-refractivity contribution in [1.82, 2.24) is 0 Å². The zero-order valence-corrected chi connectivity index (χ0v) is 17.0. The molecule has 2 aromatic rings. The Kier molecular flexibility index (Phi) is 5.49. The lowest BCUT2D eigenvalue weighted by atomic mass is 10.0. The van der Waals surface area contributed by atoms with Crippen LogP contribution in [0.15, 0.2) is 36.9 Å². The van der Waals surface area contributed by atoms with Crippen LogP contribution in [0.4, 0.5) is 0 Å². The molecular weight excluding hydrogens is 358 g/mol. The summed E-state index contributed by atoms with van der Waals surface area (Å²) in [5.74, 6) is 0.765. The highest BCUT2D eigenvalue weighted by Crippen LogP contribution is 2.26. The fourth-order valence-corrected chi connectivity index (χ4v) is 3.58. The minimum absolute atomic E-state index is 0.145. The molecule has 7 heteroatoms. The summed E-state index contributed by atoms with van der Waals surface area (Å²) in [6, 6.07) is 5.01. The van der Waals surface area contributed by atoms with Gasteiger partial charge >= 0.3 is 0 Å². The van der Waals surface area contributed by atoms with Crippen molar-refractivity contribution in [2.45, 2.75) is 51.4 Å². The molecule has 0 bridgehead atoms. The van der Waals surface area contributed by atoms with Gasteiger partial charge in [-0.2, -0.15) is 4.40 Å². The van der Waals surface area contributed by atoms with Crippen molar-refractivity contribution in [2.75, 3.05) is 5.75 Å². The van der Waals surface area contributed by atoms with Gasteiger partial charge in [-0.3, -0.25) is 4.79 Å². The number of aryl methyl sites for hydroxylation is 1. The van der Waals surface area contributed by atoms with E-state index >= 15 is 0 Å². The fourth-order valence-electron chi connectivity index (χ4n) is 2.23. The average molecular weight is 382 g/mol. The molecule has 136 valence electrons. The van der Waals surface area contributed by atoms with Gasteiger partial charge in [0.1, 0.15) is 5.58 Å². The normalized spacial score (nSPS) is 13.4. The van der Waals surface area contributed by atoms with E-state index in [1.165, 1.54) is 17.8 Å². The molecule has 0 unspecified atom stereocenters. The van der Waals surface area contributed by atoms with Crippen LogP contribution < -0.4 is 5.43 Å². The van der Waals surface area contributed by atoms with Crippen LogP contribution in [0.1, 0.15) is 45.7 Å². The monoisotopic (exact) mass is 381 g/mol. The van der Waals surface area contributed by atoms with Gasteiger partial charge in [-0.15, -0.1) is 0 Å². The maximum absolute atomic E-state index is 12.4. The second-order valence-electron chi connectivity index (χ2n) is 6.82. The maximum atomic E-state index is 12.4. The quantitative estimate of drug-likeness (QED) is 0.587. The molecule has 0 aliphatic heterocycles. The third-order valence-corrected chi connectivity index (χ3v) is 6.49. The lowest BCUT2D eigenvalue weighted by molar-refractivity contribution is 0.499. The van der Waals surface area contributed by atoms with Gasteiger partial charge in [0.05, 0.1) is 15.8 Å². The van der Waals surface area contributed by atoms with Gasteiger partial charge in [0.15, 0.2) is 10.5 Å². The number of fused-ring (bicyclic) bond motifs is 1. The third kappa shape index (κ3) is 4.15. The number of hydrogen-bond donors (Lipinski definition) is 0. The molecule has 25 heavy (non-hydrogen) atoms. The van der Waals surface area contributed by atoms with Crippen molar-refractivity contribution >= 4 is 38.5 Å². The molecule has 0 radical (unpaired) electrons. The summed E-state index contributed by atoms with van der Waals surface area (Å²) in [6.07, 6.45) is 0. The molecule has 0 saturated carbocycles. The summed E-state index contributed by atoms with van der Waals surface area (Å²) in [5, 5.41) is 0.940. The Labute approximate surface area is 152 Å². The number of thioether (sulfide) groups is 1. The number of hydrogen-bond acceptors (Lipinski definition) is 5. The highest BCUT2D eigenvalue weighted by molar-refractivity contribution is 7.99. The van der Waals surface area contributed by atoms with Gasteiger partial charge in [0.2, 0.25) is 0 Å². The maximum Gasteiger partial charge on any atom is 0.258 e. The third-order valence-electron chi connectivity index (χ3n) is 3.66. The summed E-state index contributed by atoms with van der Waals surface area (Å²) in [6.45, 7) is 10.2. The zero-order chi connectivity index (χ0) is 19.0. The molecule has 0 spiro atoms. The van der Waals surface area contributed by atoms with Gasteiger partial charge in [-0.1, -0.05) is 18.7 Å². The second kappa shape index (κ2) is 6.96. The highest BCUT2D eigenvalue weighted by atomic mass is 32.2. The van der Waals surface area contributed by atoms with Crippen LogP contribution in [0.2, 0.25) is 0 Å². The van der Waals surface area contributed by atoms with E-state index in [9.17, 15) is 13.2 Å². The highest BCUT2D eigenvalue weighted by Gasteiger charge is 2.29. The topological polar surface area (TPSA) is 76.7 Å². The molecule has 0 N–H and O–H groups in total. The molecule has 5 nitrogen and oxygen atoms in total. The van der Waals surface area contributed by atoms with Gasteiger partial charge in [-0.25, -0.2) is 8.42 Å². The molecule has 0 fully saturated rings. The minimum Gasteiger partial charge on any atom is -0.449 e. The van der Waals surface area contributed by atoms with Gasteiger partial charge in [-0.05, 0) is 58.1 Å². The number of benzene rings is 1. The second-order valence-corrected chi connectivity index (χ2v) is 10.4. The average Bonchev–Trinajstić information content (AvgIpc) is 2.46. The van der Waals surface area contributed by atoms with E-state index in [-0.39, 0.29) is 5.43 Å². The van der Waals surface area contributed by atoms with E-state index in [1.807, 2.05) is 13.8 Å². The summed E-state index contributed by atoms with van der Waals surface area (Å²) in [5.41, 5.74) is 1.91. The lowest BCUT2D eigenvalue weighted by Gasteiger charge is -2.16. The van der Waals surface area contributed by atoms with Crippen molar-refractivity contribution < 1.29 is 12.8 Å². The molecule has 0 amide bonds. The summed E-state index contributed by atoms with van der Waals surface area (Å²) >= 11 is 1.42. The first-order chi connectivity index (χ1) is 11.5. The van der Waals surface area contributed by atoms with Crippen LogP contribution in [0.25, 0.3) is 11.0 Å². The van der Waals surface area contributed by atoms with E-state index in [4.69, 9.17) is 4.42 Å². The molecular formula is C18H23NO4S2. The van der Waals surface area contributed by atoms with E-state index < -0.39 is 14.8 Å². The first kappa shape index (κ1) is 19.7. The Hall–Kier alpha value is -1.60. The van der Waals surface area contributed by atoms with Crippen LogP contribution >= 0.6 is 11.8 Å². The summed E-state index contributed by atoms with van der Waals surface area (Å²) in [4.78, 5) is 12.4. The van der Waals surface area contributed by atoms with Crippen molar-refractivity contribution in [3.63, 3.8) is 0 Å². The Morgan fingerprint density at radius 1 is 1.24 bits per heavy atom.